The predicted octanol–water partition coefficient (Wildman–Crippen LogP) is 2.82. The van der Waals surface area contributed by atoms with Crippen molar-refractivity contribution in [2.75, 3.05) is 6.54 Å². The van der Waals surface area contributed by atoms with Crippen LogP contribution in [-0.4, -0.2) is 45.1 Å². The van der Waals surface area contributed by atoms with E-state index < -0.39 is 17.1 Å². The molecular weight excluding hydrogens is 397 g/mol. The fourth-order valence-electron chi connectivity index (χ4n) is 5.48. The third-order valence-corrected chi connectivity index (χ3v) is 7.03. The molecule has 0 radical (unpaired) electrons. The fourth-order valence-corrected chi connectivity index (χ4v) is 5.48. The first kappa shape index (κ1) is 19.8. The second-order valence-electron chi connectivity index (χ2n) is 8.97. The maximum atomic E-state index is 14.1. The van der Waals surface area contributed by atoms with Crippen molar-refractivity contribution in [3.8, 4) is 0 Å². The Balaban J connectivity index is 1.48. The van der Waals surface area contributed by atoms with Crippen molar-refractivity contribution < 1.29 is 18.8 Å². The highest BCUT2D eigenvalue weighted by Crippen LogP contribution is 2.43. The van der Waals surface area contributed by atoms with Gasteiger partial charge >= 0.3 is 0 Å². The van der Waals surface area contributed by atoms with Gasteiger partial charge in [0.25, 0.3) is 0 Å². The number of hydrogen-bond acceptors (Lipinski definition) is 4. The summed E-state index contributed by atoms with van der Waals surface area (Å²) >= 11 is 0. The van der Waals surface area contributed by atoms with Gasteiger partial charge in [0.05, 0.1) is 12.0 Å². The molecule has 3 fully saturated rings. The molecular formula is C24H24FN3O3. The molecule has 160 valence electrons. The van der Waals surface area contributed by atoms with E-state index in [2.05, 4.69) is 4.98 Å². The average molecular weight is 421 g/mol. The number of likely N-dealkylation sites (tertiary alicyclic amines) is 2. The van der Waals surface area contributed by atoms with Crippen LogP contribution in [0.2, 0.25) is 0 Å². The number of pyridine rings is 1. The van der Waals surface area contributed by atoms with E-state index in [9.17, 15) is 18.8 Å². The molecule has 2 saturated heterocycles. The summed E-state index contributed by atoms with van der Waals surface area (Å²) in [5, 5.41) is 0. The van der Waals surface area contributed by atoms with Crippen molar-refractivity contribution in [2.24, 2.45) is 5.92 Å². The largest absolute Gasteiger partial charge is 0.339 e. The van der Waals surface area contributed by atoms with Gasteiger partial charge in [-0.3, -0.25) is 24.3 Å². The average Bonchev–Trinajstić information content (AvgIpc) is 3.46. The van der Waals surface area contributed by atoms with Crippen molar-refractivity contribution >= 4 is 17.7 Å². The van der Waals surface area contributed by atoms with E-state index in [-0.39, 0.29) is 37.2 Å². The number of carbonyl (C=O) groups excluding carboxylic acids is 3. The number of rotatable bonds is 5. The van der Waals surface area contributed by atoms with Crippen molar-refractivity contribution in [2.45, 2.75) is 50.1 Å². The number of halogens is 1. The van der Waals surface area contributed by atoms with Gasteiger partial charge in [-0.05, 0) is 54.5 Å². The first-order valence-electron chi connectivity index (χ1n) is 10.8. The first-order valence-corrected chi connectivity index (χ1v) is 10.8. The lowest BCUT2D eigenvalue weighted by atomic mass is 9.75. The van der Waals surface area contributed by atoms with Gasteiger partial charge in [-0.25, -0.2) is 4.39 Å². The molecule has 3 aliphatic rings. The number of piperidine rings is 1. The van der Waals surface area contributed by atoms with Crippen LogP contribution in [0, 0.1) is 11.7 Å². The summed E-state index contributed by atoms with van der Waals surface area (Å²) < 4.78 is 14.1. The normalized spacial score (nSPS) is 27.4. The molecule has 1 saturated carbocycles. The number of hydrogen-bond donors (Lipinski definition) is 0. The monoisotopic (exact) mass is 421 g/mol. The van der Waals surface area contributed by atoms with Crippen LogP contribution >= 0.6 is 0 Å². The summed E-state index contributed by atoms with van der Waals surface area (Å²) in [7, 11) is 0. The molecule has 0 spiro atoms. The minimum Gasteiger partial charge on any atom is -0.339 e. The highest BCUT2D eigenvalue weighted by Gasteiger charge is 2.55. The Hall–Kier alpha value is -3.09. The number of imide groups is 1. The molecule has 6 nitrogen and oxygen atoms in total. The van der Waals surface area contributed by atoms with Crippen LogP contribution in [0.15, 0.2) is 48.8 Å². The molecule has 1 aliphatic carbocycles. The Morgan fingerprint density at radius 1 is 1.19 bits per heavy atom. The molecule has 3 atom stereocenters. The molecule has 2 bridgehead atoms. The van der Waals surface area contributed by atoms with E-state index in [0.29, 0.717) is 18.0 Å². The van der Waals surface area contributed by atoms with Gasteiger partial charge < -0.3 is 4.90 Å². The molecule has 3 heterocycles. The summed E-state index contributed by atoms with van der Waals surface area (Å²) in [5.41, 5.74) is -0.264. The van der Waals surface area contributed by atoms with Gasteiger partial charge in [-0.15, -0.1) is 0 Å². The highest BCUT2D eigenvalue weighted by molar-refractivity contribution is 6.10. The minimum absolute atomic E-state index is 0.0885. The van der Waals surface area contributed by atoms with Crippen LogP contribution < -0.4 is 0 Å². The summed E-state index contributed by atoms with van der Waals surface area (Å²) in [5.74, 6) is -0.878. The van der Waals surface area contributed by atoms with Gasteiger partial charge in [-0.1, -0.05) is 18.2 Å². The number of benzene rings is 1. The lowest BCUT2D eigenvalue weighted by Crippen LogP contribution is -2.45. The summed E-state index contributed by atoms with van der Waals surface area (Å²) in [4.78, 5) is 47.0. The number of aromatic nitrogens is 1. The third kappa shape index (κ3) is 3.42. The van der Waals surface area contributed by atoms with E-state index in [1.165, 1.54) is 23.1 Å². The number of carbonyl (C=O) groups is 3. The molecule has 2 aliphatic heterocycles. The molecule has 3 amide bonds. The minimum atomic E-state index is -1.37. The van der Waals surface area contributed by atoms with Crippen molar-refractivity contribution in [3.05, 3.63) is 65.7 Å². The van der Waals surface area contributed by atoms with Crippen LogP contribution in [0.1, 0.15) is 43.2 Å². The molecule has 2 aromatic rings. The first-order chi connectivity index (χ1) is 15.0. The Morgan fingerprint density at radius 2 is 2.06 bits per heavy atom. The van der Waals surface area contributed by atoms with Gasteiger partial charge in [0.15, 0.2) is 0 Å². The SMILES string of the molecule is O=C1C[C@](CC(=O)N2C[C@@H]3CC[C@@H]2C3)(c2cccc(F)c2)C(=O)N1Cc1cccnc1. The van der Waals surface area contributed by atoms with Gasteiger partial charge in [-0.2, -0.15) is 0 Å². The van der Waals surface area contributed by atoms with E-state index in [4.69, 9.17) is 0 Å². The van der Waals surface area contributed by atoms with Crippen molar-refractivity contribution in [1.29, 1.82) is 0 Å². The van der Waals surface area contributed by atoms with Gasteiger partial charge in [0, 0.05) is 37.8 Å². The quantitative estimate of drug-likeness (QED) is 0.696. The van der Waals surface area contributed by atoms with Crippen molar-refractivity contribution in [1.82, 2.24) is 14.8 Å². The van der Waals surface area contributed by atoms with Crippen LogP contribution in [0.5, 0.6) is 0 Å². The Morgan fingerprint density at radius 3 is 2.74 bits per heavy atom. The van der Waals surface area contributed by atoms with Gasteiger partial charge in [0.1, 0.15) is 5.82 Å². The van der Waals surface area contributed by atoms with Gasteiger partial charge in [0.2, 0.25) is 17.7 Å². The lowest BCUT2D eigenvalue weighted by Gasteiger charge is -2.32. The Labute approximate surface area is 180 Å². The second-order valence-corrected chi connectivity index (χ2v) is 8.97. The van der Waals surface area contributed by atoms with Crippen LogP contribution in [-0.2, 0) is 26.3 Å². The highest BCUT2D eigenvalue weighted by atomic mass is 19.1. The zero-order chi connectivity index (χ0) is 21.6. The lowest BCUT2D eigenvalue weighted by molar-refractivity contribution is -0.143. The maximum absolute atomic E-state index is 14.1. The number of amides is 3. The molecule has 1 aromatic carbocycles. The summed E-state index contributed by atoms with van der Waals surface area (Å²) in [6.07, 6.45) is 6.12. The van der Waals surface area contributed by atoms with Crippen LogP contribution in [0.25, 0.3) is 0 Å². The molecule has 0 unspecified atom stereocenters. The fraction of sp³-hybridized carbons (Fsp3) is 0.417. The van der Waals surface area contributed by atoms with Crippen LogP contribution in [0.3, 0.4) is 0 Å². The zero-order valence-electron chi connectivity index (χ0n) is 17.2. The number of nitrogens with zero attached hydrogens (tertiary/aromatic N) is 3. The smallest absolute Gasteiger partial charge is 0.241 e. The topological polar surface area (TPSA) is 70.6 Å². The number of fused-ring (bicyclic) bond motifs is 2. The molecule has 31 heavy (non-hydrogen) atoms. The Bertz CT molecular complexity index is 1040. The standard InChI is InChI=1S/C24H24FN3O3/c25-19-5-1-4-18(10-19)24(11-21(29)27-14-16-6-7-20(27)9-16)12-22(30)28(23(24)31)15-17-3-2-8-26-13-17/h1-5,8,10,13,16,20H,6-7,9,11-12,14-15H2/t16-,20-,24-/m1/s1. The molecule has 5 rings (SSSR count). The van der Waals surface area contributed by atoms with E-state index in [1.54, 1.807) is 30.6 Å². The van der Waals surface area contributed by atoms with E-state index >= 15 is 0 Å². The second kappa shape index (κ2) is 7.55. The zero-order valence-corrected chi connectivity index (χ0v) is 17.2. The molecule has 1 aromatic heterocycles. The van der Waals surface area contributed by atoms with Crippen LogP contribution in [0.4, 0.5) is 4.39 Å². The Kier molecular flexibility index (Phi) is 4.84. The summed E-state index contributed by atoms with van der Waals surface area (Å²) in [6.45, 7) is 0.801. The molecule has 7 heteroatoms. The van der Waals surface area contributed by atoms with E-state index in [1.807, 2.05) is 4.90 Å². The summed E-state index contributed by atoms with van der Waals surface area (Å²) in [6, 6.07) is 9.51. The van der Waals surface area contributed by atoms with E-state index in [0.717, 1.165) is 24.8 Å². The van der Waals surface area contributed by atoms with Crippen molar-refractivity contribution in [3.63, 3.8) is 0 Å². The molecule has 0 N–H and O–H groups in total. The third-order valence-electron chi connectivity index (χ3n) is 7.03. The predicted molar refractivity (Wildman–Crippen MR) is 110 cm³/mol. The maximum Gasteiger partial charge on any atom is 0.241 e.